The molecule has 7 heteroatoms. The minimum Gasteiger partial charge on any atom is -0.508 e. The minimum atomic E-state index is -0.646. The van der Waals surface area contributed by atoms with Gasteiger partial charge in [-0.15, -0.1) is 0 Å². The second-order valence-electron chi connectivity index (χ2n) is 5.79. The Hall–Kier alpha value is -2.28. The Balaban J connectivity index is 1.65. The Morgan fingerprint density at radius 2 is 2.13 bits per heavy atom. The summed E-state index contributed by atoms with van der Waals surface area (Å²) in [7, 11) is 0. The summed E-state index contributed by atoms with van der Waals surface area (Å²) in [5, 5.41) is 12.5. The number of aromatic hydroxyl groups is 1. The predicted octanol–water partition coefficient (Wildman–Crippen LogP) is 1.01. The van der Waals surface area contributed by atoms with Gasteiger partial charge in [-0.05, 0) is 30.5 Å². The number of rotatable bonds is 4. The molecule has 23 heavy (non-hydrogen) atoms. The van der Waals surface area contributed by atoms with Crippen molar-refractivity contribution in [2.24, 2.45) is 0 Å². The fourth-order valence-corrected chi connectivity index (χ4v) is 2.83. The summed E-state index contributed by atoms with van der Waals surface area (Å²) in [6, 6.07) is 6.05. The van der Waals surface area contributed by atoms with Gasteiger partial charge in [0.05, 0.1) is 6.54 Å². The molecule has 1 aromatic rings. The van der Waals surface area contributed by atoms with Crippen molar-refractivity contribution >= 4 is 12.0 Å². The molecule has 0 saturated carbocycles. The number of amides is 2. The first-order chi connectivity index (χ1) is 11.1. The van der Waals surface area contributed by atoms with E-state index in [1.165, 1.54) is 4.90 Å². The van der Waals surface area contributed by atoms with Gasteiger partial charge >= 0.3 is 6.09 Å². The molecule has 0 bridgehead atoms. The van der Waals surface area contributed by atoms with E-state index in [9.17, 15) is 14.7 Å². The first kappa shape index (κ1) is 15.6. The molecule has 2 fully saturated rings. The number of phenols is 1. The average Bonchev–Trinajstić information content (AvgIpc) is 2.89. The summed E-state index contributed by atoms with van der Waals surface area (Å²) < 4.78 is 10.3. The van der Waals surface area contributed by atoms with Crippen molar-refractivity contribution < 1.29 is 24.2 Å². The lowest BCUT2D eigenvalue weighted by Crippen LogP contribution is -2.49. The van der Waals surface area contributed by atoms with Gasteiger partial charge in [-0.25, -0.2) is 4.79 Å². The van der Waals surface area contributed by atoms with Crippen molar-refractivity contribution in [1.82, 2.24) is 10.2 Å². The van der Waals surface area contributed by atoms with Crippen LogP contribution in [0.25, 0.3) is 0 Å². The second-order valence-corrected chi connectivity index (χ2v) is 5.79. The normalized spacial score (nSPS) is 22.0. The van der Waals surface area contributed by atoms with Gasteiger partial charge in [-0.2, -0.15) is 0 Å². The molecule has 0 aliphatic carbocycles. The van der Waals surface area contributed by atoms with Crippen LogP contribution in [0.3, 0.4) is 0 Å². The van der Waals surface area contributed by atoms with Gasteiger partial charge in [0.15, 0.2) is 0 Å². The maximum Gasteiger partial charge on any atom is 0.410 e. The van der Waals surface area contributed by atoms with Crippen LogP contribution in [0, 0.1) is 0 Å². The lowest BCUT2D eigenvalue weighted by atomic mass is 10.1. The summed E-state index contributed by atoms with van der Waals surface area (Å²) in [5.41, 5.74) is 0.743. The molecule has 2 amide bonds. The number of cyclic esters (lactones) is 1. The zero-order chi connectivity index (χ0) is 16.2. The molecule has 124 valence electrons. The van der Waals surface area contributed by atoms with E-state index in [-0.39, 0.29) is 30.9 Å². The van der Waals surface area contributed by atoms with E-state index in [0.717, 1.165) is 18.4 Å². The number of carbonyl (C=O) groups is 2. The molecule has 3 rings (SSSR count). The highest BCUT2D eigenvalue weighted by Crippen LogP contribution is 2.20. The Morgan fingerprint density at radius 3 is 2.87 bits per heavy atom. The van der Waals surface area contributed by atoms with Gasteiger partial charge in [-0.1, -0.05) is 12.1 Å². The standard InChI is InChI=1S/C16H20N2O5/c19-13-3-1-2-11(8-13)9-18-14(10-23-16(18)21)15(20)17-12-4-6-22-7-5-12/h1-3,8,12,14,19H,4-7,9-10H2,(H,17,20)/t14-/m0/s1. The van der Waals surface area contributed by atoms with E-state index in [1.54, 1.807) is 24.3 Å². The molecule has 2 heterocycles. The molecule has 7 nitrogen and oxygen atoms in total. The number of nitrogens with zero attached hydrogens (tertiary/aromatic N) is 1. The number of ether oxygens (including phenoxy) is 2. The zero-order valence-electron chi connectivity index (χ0n) is 12.7. The minimum absolute atomic E-state index is 0.0483. The number of nitrogens with one attached hydrogen (secondary N) is 1. The molecule has 2 aliphatic rings. The van der Waals surface area contributed by atoms with Crippen LogP contribution in [-0.2, 0) is 20.8 Å². The topological polar surface area (TPSA) is 88.1 Å². The first-order valence-electron chi connectivity index (χ1n) is 7.73. The molecule has 2 N–H and O–H groups in total. The van der Waals surface area contributed by atoms with Gasteiger partial charge in [0.2, 0.25) is 5.91 Å². The van der Waals surface area contributed by atoms with Gasteiger partial charge in [0.1, 0.15) is 18.4 Å². The number of hydrogen-bond acceptors (Lipinski definition) is 5. The van der Waals surface area contributed by atoms with E-state index in [2.05, 4.69) is 5.32 Å². The number of carbonyl (C=O) groups excluding carboxylic acids is 2. The predicted molar refractivity (Wildman–Crippen MR) is 80.8 cm³/mol. The first-order valence-corrected chi connectivity index (χ1v) is 7.73. The van der Waals surface area contributed by atoms with Crippen LogP contribution in [0.2, 0.25) is 0 Å². The monoisotopic (exact) mass is 320 g/mol. The summed E-state index contributed by atoms with van der Waals surface area (Å²) in [5.74, 6) is -0.0822. The highest BCUT2D eigenvalue weighted by Gasteiger charge is 2.38. The molecule has 0 spiro atoms. The van der Waals surface area contributed by atoms with Crippen molar-refractivity contribution in [1.29, 1.82) is 0 Å². The van der Waals surface area contributed by atoms with Gasteiger partial charge in [0, 0.05) is 19.3 Å². The van der Waals surface area contributed by atoms with E-state index >= 15 is 0 Å². The Morgan fingerprint density at radius 1 is 1.35 bits per heavy atom. The molecule has 1 atom stereocenters. The van der Waals surface area contributed by atoms with Crippen molar-refractivity contribution in [3.05, 3.63) is 29.8 Å². The van der Waals surface area contributed by atoms with E-state index in [1.807, 2.05) is 0 Å². The van der Waals surface area contributed by atoms with Crippen LogP contribution >= 0.6 is 0 Å². The van der Waals surface area contributed by atoms with Gasteiger partial charge in [0.25, 0.3) is 0 Å². The number of hydrogen-bond donors (Lipinski definition) is 2. The molecule has 2 saturated heterocycles. The SMILES string of the molecule is O=C(NC1CCOCC1)[C@@H]1COC(=O)N1Cc1cccc(O)c1. The molecular formula is C16H20N2O5. The maximum absolute atomic E-state index is 12.5. The molecule has 2 aliphatic heterocycles. The summed E-state index contributed by atoms with van der Waals surface area (Å²) in [4.78, 5) is 25.8. The third kappa shape index (κ3) is 3.73. The zero-order valence-corrected chi connectivity index (χ0v) is 12.7. The van der Waals surface area contributed by atoms with Crippen LogP contribution in [0.15, 0.2) is 24.3 Å². The van der Waals surface area contributed by atoms with Crippen molar-refractivity contribution in [2.75, 3.05) is 19.8 Å². The lowest BCUT2D eigenvalue weighted by Gasteiger charge is -2.26. The fraction of sp³-hybridized carbons (Fsp3) is 0.500. The lowest BCUT2D eigenvalue weighted by molar-refractivity contribution is -0.126. The van der Waals surface area contributed by atoms with Crippen molar-refractivity contribution in [3.63, 3.8) is 0 Å². The Labute approximate surface area is 134 Å². The van der Waals surface area contributed by atoms with Crippen molar-refractivity contribution in [3.8, 4) is 5.75 Å². The number of benzene rings is 1. The van der Waals surface area contributed by atoms with Crippen LogP contribution in [0.1, 0.15) is 18.4 Å². The molecule has 0 aromatic heterocycles. The molecule has 0 radical (unpaired) electrons. The quantitative estimate of drug-likeness (QED) is 0.864. The molecule has 0 unspecified atom stereocenters. The summed E-state index contributed by atoms with van der Waals surface area (Å²) in [6.45, 7) is 1.54. The third-order valence-electron chi connectivity index (χ3n) is 4.11. The maximum atomic E-state index is 12.5. The highest BCUT2D eigenvalue weighted by molar-refractivity contribution is 5.88. The summed E-state index contributed by atoms with van der Waals surface area (Å²) >= 11 is 0. The average molecular weight is 320 g/mol. The van der Waals surface area contributed by atoms with E-state index < -0.39 is 12.1 Å². The van der Waals surface area contributed by atoms with Gasteiger partial charge in [-0.3, -0.25) is 9.69 Å². The Bertz CT molecular complexity index is 586. The van der Waals surface area contributed by atoms with Crippen LogP contribution in [0.5, 0.6) is 5.75 Å². The largest absolute Gasteiger partial charge is 0.508 e. The highest BCUT2D eigenvalue weighted by atomic mass is 16.6. The number of phenolic OH excluding ortho intramolecular Hbond substituents is 1. The van der Waals surface area contributed by atoms with E-state index in [4.69, 9.17) is 9.47 Å². The fourth-order valence-electron chi connectivity index (χ4n) is 2.83. The van der Waals surface area contributed by atoms with Crippen LogP contribution in [-0.4, -0.2) is 53.9 Å². The third-order valence-corrected chi connectivity index (χ3v) is 4.11. The van der Waals surface area contributed by atoms with Crippen LogP contribution < -0.4 is 5.32 Å². The summed E-state index contributed by atoms with van der Waals surface area (Å²) in [6.07, 6.45) is 1.04. The van der Waals surface area contributed by atoms with E-state index in [0.29, 0.717) is 13.2 Å². The van der Waals surface area contributed by atoms with Crippen molar-refractivity contribution in [2.45, 2.75) is 31.5 Å². The van der Waals surface area contributed by atoms with Gasteiger partial charge < -0.3 is 19.9 Å². The van der Waals surface area contributed by atoms with Crippen LogP contribution in [0.4, 0.5) is 4.79 Å². The smallest absolute Gasteiger partial charge is 0.410 e. The Kier molecular flexibility index (Phi) is 4.66. The molecule has 1 aromatic carbocycles. The second kappa shape index (κ2) is 6.87. The molecular weight excluding hydrogens is 300 g/mol.